The van der Waals surface area contributed by atoms with Gasteiger partial charge in [0.05, 0.1) is 15.6 Å². The van der Waals surface area contributed by atoms with E-state index in [0.29, 0.717) is 42.0 Å². The zero-order chi connectivity index (χ0) is 18.9. The number of amides is 1. The maximum absolute atomic E-state index is 13.6. The minimum atomic E-state index is -3.84. The van der Waals surface area contributed by atoms with Gasteiger partial charge in [0.1, 0.15) is 0 Å². The molecule has 0 aromatic heterocycles. The summed E-state index contributed by atoms with van der Waals surface area (Å²) in [5.74, 6) is -0.496. The number of para-hydroxylation sites is 1. The second-order valence-corrected chi connectivity index (χ2v) is 9.54. The Balaban J connectivity index is 2.06. The average molecular weight is 392 g/mol. The highest BCUT2D eigenvalue weighted by molar-refractivity contribution is 7.93. The van der Waals surface area contributed by atoms with Crippen molar-refractivity contribution in [3.05, 3.63) is 58.6 Å². The lowest BCUT2D eigenvalue weighted by molar-refractivity contribution is -0.118. The third kappa shape index (κ3) is 3.14. The first-order valence-corrected chi connectivity index (χ1v) is 10.5. The van der Waals surface area contributed by atoms with E-state index < -0.39 is 20.5 Å². The second-order valence-electron chi connectivity index (χ2n) is 6.91. The van der Waals surface area contributed by atoms with E-state index in [1.165, 1.54) is 0 Å². The van der Waals surface area contributed by atoms with E-state index >= 15 is 0 Å². The van der Waals surface area contributed by atoms with E-state index in [2.05, 4.69) is 5.32 Å². The van der Waals surface area contributed by atoms with Gasteiger partial charge in [-0.15, -0.1) is 0 Å². The molecule has 4 nitrogen and oxygen atoms in total. The summed E-state index contributed by atoms with van der Waals surface area (Å²) in [7, 11) is -3.84. The third-order valence-corrected chi connectivity index (χ3v) is 8.07. The van der Waals surface area contributed by atoms with E-state index in [9.17, 15) is 13.2 Å². The van der Waals surface area contributed by atoms with Crippen LogP contribution >= 0.6 is 11.6 Å². The van der Waals surface area contributed by atoms with Crippen LogP contribution in [0, 0.1) is 13.8 Å². The number of sulfone groups is 1. The van der Waals surface area contributed by atoms with Crippen molar-refractivity contribution in [1.29, 1.82) is 0 Å². The number of halogens is 1. The molecule has 0 aliphatic heterocycles. The number of carbonyl (C=O) groups excluding carboxylic acids is 1. The summed E-state index contributed by atoms with van der Waals surface area (Å²) in [5, 5.41) is 3.14. The molecule has 1 saturated carbocycles. The Morgan fingerprint density at radius 2 is 1.73 bits per heavy atom. The van der Waals surface area contributed by atoms with Gasteiger partial charge in [0, 0.05) is 0 Å². The van der Waals surface area contributed by atoms with Crippen molar-refractivity contribution in [2.45, 2.75) is 49.2 Å². The van der Waals surface area contributed by atoms with Gasteiger partial charge in [0.2, 0.25) is 5.91 Å². The van der Waals surface area contributed by atoms with E-state index in [0.717, 1.165) is 5.56 Å². The summed E-state index contributed by atoms with van der Waals surface area (Å²) in [6.07, 6.45) is 2.05. The fourth-order valence-electron chi connectivity index (χ4n) is 3.57. The molecule has 2 aromatic rings. The van der Waals surface area contributed by atoms with Crippen molar-refractivity contribution in [3.63, 3.8) is 0 Å². The molecule has 1 aliphatic rings. The molecule has 138 valence electrons. The molecule has 0 saturated heterocycles. The quantitative estimate of drug-likeness (QED) is 0.822. The van der Waals surface area contributed by atoms with Gasteiger partial charge in [-0.05, 0) is 56.0 Å². The molecule has 1 aliphatic carbocycles. The highest BCUT2D eigenvalue weighted by atomic mass is 35.5. The summed E-state index contributed by atoms with van der Waals surface area (Å²) < 4.78 is 25.7. The zero-order valence-corrected chi connectivity index (χ0v) is 16.5. The number of rotatable bonds is 4. The van der Waals surface area contributed by atoms with Gasteiger partial charge in [-0.1, -0.05) is 48.7 Å². The lowest BCUT2D eigenvalue weighted by Crippen LogP contribution is -2.47. The molecule has 1 N–H and O–H groups in total. The molecule has 0 heterocycles. The second kappa shape index (κ2) is 7.05. The van der Waals surface area contributed by atoms with Crippen LogP contribution in [-0.2, 0) is 14.6 Å². The fourth-order valence-corrected chi connectivity index (χ4v) is 6.13. The molecule has 0 spiro atoms. The molecule has 1 amide bonds. The van der Waals surface area contributed by atoms with Crippen molar-refractivity contribution in [1.82, 2.24) is 0 Å². The van der Waals surface area contributed by atoms with Gasteiger partial charge in [0.25, 0.3) is 0 Å². The molecule has 6 heteroatoms. The van der Waals surface area contributed by atoms with Crippen LogP contribution in [0.1, 0.15) is 36.8 Å². The van der Waals surface area contributed by atoms with Gasteiger partial charge < -0.3 is 5.32 Å². The van der Waals surface area contributed by atoms with Gasteiger partial charge in [-0.3, -0.25) is 4.79 Å². The molecule has 3 rings (SSSR count). The summed E-state index contributed by atoms with van der Waals surface area (Å²) in [6, 6.07) is 12.2. The standard InChI is InChI=1S/C20H22ClNO3S/c1-14-9-10-15(2)18(13-14)26(24,25)20(11-5-6-12-20)19(23)22-17-8-4-3-7-16(17)21/h3-4,7-10,13H,5-6,11-12H2,1-2H3,(H,22,23). The van der Waals surface area contributed by atoms with E-state index in [1.807, 2.05) is 13.0 Å². The first kappa shape index (κ1) is 18.9. The normalized spacial score (nSPS) is 16.4. The summed E-state index contributed by atoms with van der Waals surface area (Å²) >= 11 is 6.13. The predicted octanol–water partition coefficient (Wildman–Crippen LogP) is 4.68. The number of anilines is 1. The van der Waals surface area contributed by atoms with Crippen LogP contribution in [0.15, 0.2) is 47.4 Å². The van der Waals surface area contributed by atoms with Crippen LogP contribution in [0.3, 0.4) is 0 Å². The highest BCUT2D eigenvalue weighted by Crippen LogP contribution is 2.42. The minimum Gasteiger partial charge on any atom is -0.323 e. The van der Waals surface area contributed by atoms with Crippen LogP contribution in [0.4, 0.5) is 5.69 Å². The zero-order valence-electron chi connectivity index (χ0n) is 14.9. The van der Waals surface area contributed by atoms with E-state index in [4.69, 9.17) is 11.6 Å². The number of aryl methyl sites for hydroxylation is 2. The number of benzene rings is 2. The lowest BCUT2D eigenvalue weighted by atomic mass is 10.1. The first-order valence-electron chi connectivity index (χ1n) is 8.66. The fraction of sp³-hybridized carbons (Fsp3) is 0.350. The lowest BCUT2D eigenvalue weighted by Gasteiger charge is -2.28. The predicted molar refractivity (Wildman–Crippen MR) is 104 cm³/mol. The van der Waals surface area contributed by atoms with Gasteiger partial charge in [0.15, 0.2) is 14.6 Å². The van der Waals surface area contributed by atoms with Crippen molar-refractivity contribution in [2.75, 3.05) is 5.32 Å². The minimum absolute atomic E-state index is 0.244. The van der Waals surface area contributed by atoms with Crippen LogP contribution < -0.4 is 5.32 Å². The van der Waals surface area contributed by atoms with Gasteiger partial charge in [-0.2, -0.15) is 0 Å². The van der Waals surface area contributed by atoms with E-state index in [1.54, 1.807) is 43.3 Å². The molecule has 0 atom stereocenters. The Morgan fingerprint density at radius 1 is 1.08 bits per heavy atom. The topological polar surface area (TPSA) is 63.2 Å². The van der Waals surface area contributed by atoms with Crippen molar-refractivity contribution >= 4 is 33.0 Å². The molecular formula is C20H22ClNO3S. The Bertz CT molecular complexity index is 947. The number of carbonyl (C=O) groups is 1. The molecule has 1 fully saturated rings. The van der Waals surface area contributed by atoms with Crippen LogP contribution in [0.2, 0.25) is 5.02 Å². The number of nitrogens with one attached hydrogen (secondary N) is 1. The Labute approximate surface area is 159 Å². The van der Waals surface area contributed by atoms with Gasteiger partial charge >= 0.3 is 0 Å². The SMILES string of the molecule is Cc1ccc(C)c(S(=O)(=O)C2(C(=O)Nc3ccccc3Cl)CCCC2)c1. The van der Waals surface area contributed by atoms with E-state index in [-0.39, 0.29) is 4.90 Å². The molecule has 0 bridgehead atoms. The molecular weight excluding hydrogens is 370 g/mol. The molecule has 0 unspecified atom stereocenters. The van der Waals surface area contributed by atoms with Gasteiger partial charge in [-0.25, -0.2) is 8.42 Å². The maximum atomic E-state index is 13.6. The Hall–Kier alpha value is -1.85. The Kier molecular flexibility index (Phi) is 5.13. The number of hydrogen-bond acceptors (Lipinski definition) is 3. The highest BCUT2D eigenvalue weighted by Gasteiger charge is 2.53. The van der Waals surface area contributed by atoms with Crippen molar-refractivity contribution in [3.8, 4) is 0 Å². The average Bonchev–Trinajstić information content (AvgIpc) is 3.10. The van der Waals surface area contributed by atoms with Crippen LogP contribution in [0.25, 0.3) is 0 Å². The third-order valence-electron chi connectivity index (χ3n) is 5.09. The van der Waals surface area contributed by atoms with Crippen molar-refractivity contribution < 1.29 is 13.2 Å². The smallest absolute Gasteiger partial charge is 0.246 e. The summed E-state index contributed by atoms with van der Waals surface area (Å²) in [6.45, 7) is 3.62. The molecule has 26 heavy (non-hydrogen) atoms. The van der Waals surface area contributed by atoms with Crippen LogP contribution in [0.5, 0.6) is 0 Å². The Morgan fingerprint density at radius 3 is 2.38 bits per heavy atom. The summed E-state index contributed by atoms with van der Waals surface area (Å²) in [5.41, 5.74) is 1.95. The summed E-state index contributed by atoms with van der Waals surface area (Å²) in [4.78, 5) is 13.4. The number of hydrogen-bond donors (Lipinski definition) is 1. The largest absolute Gasteiger partial charge is 0.323 e. The molecule has 2 aromatic carbocycles. The monoisotopic (exact) mass is 391 g/mol. The molecule has 0 radical (unpaired) electrons. The maximum Gasteiger partial charge on any atom is 0.246 e. The van der Waals surface area contributed by atoms with Crippen LogP contribution in [-0.4, -0.2) is 19.1 Å². The first-order chi connectivity index (χ1) is 12.3. The van der Waals surface area contributed by atoms with Crippen molar-refractivity contribution in [2.24, 2.45) is 0 Å².